The number of nitrogens with one attached hydrogen (secondary N) is 3. The molecule has 2 rings (SSSR count). The predicted octanol–water partition coefficient (Wildman–Crippen LogP) is 3.28. The Morgan fingerprint density at radius 3 is 2.64 bits per heavy atom. The van der Waals surface area contributed by atoms with E-state index in [2.05, 4.69) is 15.0 Å². The van der Waals surface area contributed by atoms with Gasteiger partial charge in [0.25, 0.3) is 11.8 Å². The van der Waals surface area contributed by atoms with Crippen LogP contribution in [-0.4, -0.2) is 55.4 Å². The van der Waals surface area contributed by atoms with Crippen molar-refractivity contribution in [2.24, 2.45) is 16.6 Å². The third kappa shape index (κ3) is 6.91. The van der Waals surface area contributed by atoms with Gasteiger partial charge in [-0.15, -0.1) is 0 Å². The van der Waals surface area contributed by atoms with Gasteiger partial charge in [0.05, 0.1) is 12.1 Å². The second-order valence-electron chi connectivity index (χ2n) is 7.47. The van der Waals surface area contributed by atoms with E-state index in [1.165, 1.54) is 25.3 Å². The molecule has 0 spiro atoms. The van der Waals surface area contributed by atoms with Crippen LogP contribution in [0, 0.1) is 22.6 Å². The molecule has 11 heteroatoms. The van der Waals surface area contributed by atoms with Gasteiger partial charge in [0.2, 0.25) is 0 Å². The first kappa shape index (κ1) is 26.6. The lowest BCUT2D eigenvalue weighted by atomic mass is 9.94. The van der Waals surface area contributed by atoms with Gasteiger partial charge < -0.3 is 21.2 Å². The molecule has 1 heterocycles. The Labute approximate surface area is 195 Å². The van der Waals surface area contributed by atoms with Crippen molar-refractivity contribution in [3.8, 4) is 0 Å². The molecule has 1 aliphatic rings. The van der Waals surface area contributed by atoms with Gasteiger partial charge in [0, 0.05) is 36.9 Å². The molecular formula is C22H28F3N5O2S. The first-order chi connectivity index (χ1) is 15.6. The number of amides is 1. The number of hydrogen-bond donors (Lipinski definition) is 4. The molecule has 180 valence electrons. The van der Waals surface area contributed by atoms with E-state index < -0.39 is 35.5 Å². The van der Waals surface area contributed by atoms with Gasteiger partial charge in [0.15, 0.2) is 0 Å². The Bertz CT molecular complexity index is 959. The van der Waals surface area contributed by atoms with Gasteiger partial charge in [-0.3, -0.25) is 15.2 Å². The highest BCUT2D eigenvalue weighted by Crippen LogP contribution is 2.31. The van der Waals surface area contributed by atoms with Crippen LogP contribution >= 0.6 is 11.8 Å². The van der Waals surface area contributed by atoms with E-state index in [1.807, 2.05) is 0 Å². The quantitative estimate of drug-likeness (QED) is 0.301. The van der Waals surface area contributed by atoms with Crippen molar-refractivity contribution < 1.29 is 22.7 Å². The van der Waals surface area contributed by atoms with Crippen LogP contribution in [0.1, 0.15) is 24.0 Å². The average Bonchev–Trinajstić information content (AvgIpc) is 2.80. The minimum absolute atomic E-state index is 0.0244. The number of allylic oxidation sites excluding steroid dienone is 1. The maximum absolute atomic E-state index is 14.7. The molecule has 0 unspecified atom stereocenters. The van der Waals surface area contributed by atoms with Gasteiger partial charge in [-0.1, -0.05) is 12.1 Å². The molecule has 1 aromatic rings. The number of alkyl halides is 2. The minimum atomic E-state index is -3.52. The molecule has 33 heavy (non-hydrogen) atoms. The number of hydrogen-bond acceptors (Lipinski definition) is 6. The van der Waals surface area contributed by atoms with Crippen LogP contribution in [0.25, 0.3) is 0 Å². The number of methoxy groups -OCH3 is 1. The van der Waals surface area contributed by atoms with E-state index in [0.717, 1.165) is 37.5 Å². The van der Waals surface area contributed by atoms with Crippen molar-refractivity contribution in [1.29, 1.82) is 10.8 Å². The van der Waals surface area contributed by atoms with Crippen LogP contribution in [-0.2, 0) is 22.0 Å². The zero-order valence-corrected chi connectivity index (χ0v) is 19.3. The van der Waals surface area contributed by atoms with Gasteiger partial charge >= 0.3 is 0 Å². The van der Waals surface area contributed by atoms with Gasteiger partial charge in [-0.2, -0.15) is 20.5 Å². The highest BCUT2D eigenvalue weighted by atomic mass is 32.2. The lowest BCUT2D eigenvalue weighted by Crippen LogP contribution is -2.34. The normalized spacial score (nSPS) is 15.9. The summed E-state index contributed by atoms with van der Waals surface area (Å²) >= 11 is 1.80. The maximum Gasteiger partial charge on any atom is 0.298 e. The summed E-state index contributed by atoms with van der Waals surface area (Å²) in [6.45, 7) is -1.36. The number of nitrogens with two attached hydrogens (primary N) is 1. The van der Waals surface area contributed by atoms with Crippen LogP contribution < -0.4 is 11.1 Å². The molecule has 1 aliphatic heterocycles. The number of ether oxygens (including phenoxy) is 1. The molecule has 0 atom stereocenters. The van der Waals surface area contributed by atoms with Crippen LogP contribution in [0.15, 0.2) is 34.8 Å². The van der Waals surface area contributed by atoms with Gasteiger partial charge in [0.1, 0.15) is 24.0 Å². The topological polar surface area (TPSA) is 124 Å². The maximum atomic E-state index is 14.7. The number of benzene rings is 1. The Hall–Kier alpha value is -2.66. The SMILES string of the molecule is CNC(=O)C(=N)/C(=C\C(=N)C1CCSCC1)C(N)=NCc1cccc(C(F)(F)COC)c1F. The molecular weight excluding hydrogens is 455 g/mol. The number of thioether (sulfide) groups is 1. The third-order valence-electron chi connectivity index (χ3n) is 5.18. The summed E-state index contributed by atoms with van der Waals surface area (Å²) in [5.41, 5.74) is 4.75. The van der Waals surface area contributed by atoms with Crippen molar-refractivity contribution in [3.05, 3.63) is 46.8 Å². The first-order valence-electron chi connectivity index (χ1n) is 10.3. The molecule has 5 N–H and O–H groups in total. The second kappa shape index (κ2) is 12.0. The van der Waals surface area contributed by atoms with Crippen LogP contribution in [0.4, 0.5) is 13.2 Å². The number of rotatable bonds is 10. The summed E-state index contributed by atoms with van der Waals surface area (Å²) in [5.74, 6) is -3.83. The number of amidine groups is 1. The molecule has 7 nitrogen and oxygen atoms in total. The first-order valence-corrected chi connectivity index (χ1v) is 11.4. The number of carbonyl (C=O) groups is 1. The summed E-state index contributed by atoms with van der Waals surface area (Å²) in [6, 6.07) is 3.55. The number of aliphatic imine (C=N–C) groups is 1. The van der Waals surface area contributed by atoms with Crippen LogP contribution in [0.2, 0.25) is 0 Å². The Balaban J connectivity index is 2.35. The third-order valence-corrected chi connectivity index (χ3v) is 6.23. The van der Waals surface area contributed by atoms with Crippen LogP contribution in [0.3, 0.4) is 0 Å². The van der Waals surface area contributed by atoms with Gasteiger partial charge in [-0.05, 0) is 36.5 Å². The monoisotopic (exact) mass is 483 g/mol. The highest BCUT2D eigenvalue weighted by molar-refractivity contribution is 7.99. The van der Waals surface area contributed by atoms with Crippen LogP contribution in [0.5, 0.6) is 0 Å². The Morgan fingerprint density at radius 2 is 2.03 bits per heavy atom. The van der Waals surface area contributed by atoms with Crippen molar-refractivity contribution in [1.82, 2.24) is 5.32 Å². The summed E-state index contributed by atoms with van der Waals surface area (Å²) < 4.78 is 47.5. The lowest BCUT2D eigenvalue weighted by Gasteiger charge is -2.21. The molecule has 0 aromatic heterocycles. The summed E-state index contributed by atoms with van der Waals surface area (Å²) in [7, 11) is 2.45. The van der Waals surface area contributed by atoms with Crippen molar-refractivity contribution in [2.45, 2.75) is 25.3 Å². The van der Waals surface area contributed by atoms with E-state index in [1.54, 1.807) is 11.8 Å². The standard InChI is InChI=1S/C22H28F3N5O2S/c1-29-21(31)19(27)15(10-17(26)13-6-8-33-9-7-13)20(28)30-11-14-4-3-5-16(18(14)23)22(24,25)12-32-2/h3-5,10,13,26-27H,6-9,11-12H2,1-2H3,(H2,28,30)(H,29,31)/b15-10+,26-17?,27-19?. The van der Waals surface area contributed by atoms with E-state index in [4.69, 9.17) is 16.6 Å². The van der Waals surface area contributed by atoms with E-state index in [0.29, 0.717) is 0 Å². The molecule has 1 fully saturated rings. The fraction of sp³-hybridized carbons (Fsp3) is 0.455. The van der Waals surface area contributed by atoms with E-state index >= 15 is 0 Å². The molecule has 1 amide bonds. The molecule has 1 saturated heterocycles. The Morgan fingerprint density at radius 1 is 1.36 bits per heavy atom. The van der Waals surface area contributed by atoms with E-state index in [9.17, 15) is 18.0 Å². The van der Waals surface area contributed by atoms with E-state index in [-0.39, 0.29) is 35.1 Å². The zero-order chi connectivity index (χ0) is 24.6. The number of carbonyl (C=O) groups excluding carboxylic acids is 1. The second-order valence-corrected chi connectivity index (χ2v) is 8.70. The predicted molar refractivity (Wildman–Crippen MR) is 125 cm³/mol. The fourth-order valence-electron chi connectivity index (χ4n) is 3.30. The molecule has 0 radical (unpaired) electrons. The Kier molecular flexibility index (Phi) is 9.66. The van der Waals surface area contributed by atoms with Crippen molar-refractivity contribution >= 4 is 34.9 Å². The fourth-order valence-corrected chi connectivity index (χ4v) is 4.41. The van der Waals surface area contributed by atoms with Gasteiger partial charge in [-0.25, -0.2) is 4.39 Å². The van der Waals surface area contributed by atoms with Crippen molar-refractivity contribution in [3.63, 3.8) is 0 Å². The summed E-state index contributed by atoms with van der Waals surface area (Å²) in [6.07, 6.45) is 2.94. The molecule has 0 aliphatic carbocycles. The molecule has 1 aromatic carbocycles. The molecule has 0 saturated carbocycles. The summed E-state index contributed by atoms with van der Waals surface area (Å²) in [5, 5.41) is 18.9. The highest BCUT2D eigenvalue weighted by Gasteiger charge is 2.35. The summed E-state index contributed by atoms with van der Waals surface area (Å²) in [4.78, 5) is 16.1. The average molecular weight is 484 g/mol. The molecule has 0 bridgehead atoms. The lowest BCUT2D eigenvalue weighted by molar-refractivity contribution is -0.114. The smallest absolute Gasteiger partial charge is 0.298 e. The number of nitrogens with zero attached hydrogens (tertiary/aromatic N) is 1. The number of halogens is 3. The van der Waals surface area contributed by atoms with Crippen molar-refractivity contribution in [2.75, 3.05) is 32.3 Å². The largest absolute Gasteiger partial charge is 0.383 e. The minimum Gasteiger partial charge on any atom is -0.383 e. The zero-order valence-electron chi connectivity index (χ0n) is 18.5.